The molecule has 2 aromatic rings. The van der Waals surface area contributed by atoms with E-state index in [2.05, 4.69) is 15.6 Å². The van der Waals surface area contributed by atoms with E-state index in [9.17, 15) is 8.42 Å². The summed E-state index contributed by atoms with van der Waals surface area (Å²) < 4.78 is 31.6. The molecule has 0 unspecified atom stereocenters. The highest BCUT2D eigenvalue weighted by atomic mass is 32.2. The van der Waals surface area contributed by atoms with Gasteiger partial charge in [-0.25, -0.2) is 12.7 Å². The molecule has 152 valence electrons. The van der Waals surface area contributed by atoms with Gasteiger partial charge in [-0.05, 0) is 29.7 Å². The molecule has 0 fully saturated rings. The Morgan fingerprint density at radius 2 is 1.68 bits per heavy atom. The van der Waals surface area contributed by atoms with E-state index in [0.717, 1.165) is 17.7 Å². The second-order valence-electron chi connectivity index (χ2n) is 6.31. The molecule has 2 N–H and O–H groups in total. The Labute approximate surface area is 167 Å². The molecule has 2 rings (SSSR count). The van der Waals surface area contributed by atoms with E-state index in [1.54, 1.807) is 32.4 Å². The molecule has 0 spiro atoms. The zero-order valence-electron chi connectivity index (χ0n) is 16.8. The van der Waals surface area contributed by atoms with Gasteiger partial charge in [0.25, 0.3) is 0 Å². The van der Waals surface area contributed by atoms with Crippen LogP contribution in [0.1, 0.15) is 11.1 Å². The van der Waals surface area contributed by atoms with E-state index in [0.29, 0.717) is 24.6 Å². The van der Waals surface area contributed by atoms with Gasteiger partial charge >= 0.3 is 0 Å². The second kappa shape index (κ2) is 10.1. The summed E-state index contributed by atoms with van der Waals surface area (Å²) in [6.07, 6.45) is 0.774. The lowest BCUT2D eigenvalue weighted by Gasteiger charge is -2.17. The highest BCUT2D eigenvalue weighted by Crippen LogP contribution is 2.18. The number of rotatable bonds is 8. The number of benzene rings is 2. The molecule has 0 aliphatic heterocycles. The average Bonchev–Trinajstić information content (AvgIpc) is 2.70. The lowest BCUT2D eigenvalue weighted by molar-refractivity contribution is 0.409. The van der Waals surface area contributed by atoms with Crippen LogP contribution in [0.25, 0.3) is 0 Å². The first-order chi connectivity index (χ1) is 13.4. The highest BCUT2D eigenvalue weighted by molar-refractivity contribution is 7.89. The van der Waals surface area contributed by atoms with Gasteiger partial charge in [-0.1, -0.05) is 36.4 Å². The molecule has 0 aliphatic carbocycles. The first-order valence-corrected chi connectivity index (χ1v) is 10.4. The summed E-state index contributed by atoms with van der Waals surface area (Å²) in [6, 6.07) is 14.8. The number of nitrogens with one attached hydrogen (secondary N) is 2. The number of hydrogen-bond donors (Lipinski definition) is 2. The van der Waals surface area contributed by atoms with Gasteiger partial charge < -0.3 is 15.4 Å². The average molecular weight is 405 g/mol. The molecule has 7 nitrogen and oxygen atoms in total. The van der Waals surface area contributed by atoms with Crippen molar-refractivity contribution in [2.45, 2.75) is 17.9 Å². The maximum absolute atomic E-state index is 12.5. The van der Waals surface area contributed by atoms with Crippen LogP contribution in [0.4, 0.5) is 0 Å². The second-order valence-corrected chi connectivity index (χ2v) is 8.43. The van der Waals surface area contributed by atoms with Crippen molar-refractivity contribution < 1.29 is 13.2 Å². The minimum Gasteiger partial charge on any atom is -0.496 e. The van der Waals surface area contributed by atoms with Crippen LogP contribution in [0, 0.1) is 0 Å². The standard InChI is InChI=1S/C20H28N4O3S/c1-21-20(22-14-13-16-9-5-7-11-18(16)27-4)23-15-17-10-6-8-12-19(17)28(25,26)24(2)3/h5-12H,13-15H2,1-4H3,(H2,21,22,23). The van der Waals surface area contributed by atoms with Crippen molar-refractivity contribution in [1.29, 1.82) is 0 Å². The zero-order chi connectivity index (χ0) is 20.6. The van der Waals surface area contributed by atoms with Crippen molar-refractivity contribution in [3.63, 3.8) is 0 Å². The fraction of sp³-hybridized carbons (Fsp3) is 0.350. The van der Waals surface area contributed by atoms with Gasteiger partial charge in [-0.3, -0.25) is 4.99 Å². The Kier molecular flexibility index (Phi) is 7.83. The van der Waals surface area contributed by atoms with Crippen molar-refractivity contribution in [2.75, 3.05) is 34.8 Å². The molecule has 0 aliphatic rings. The van der Waals surface area contributed by atoms with Crippen molar-refractivity contribution in [1.82, 2.24) is 14.9 Å². The SMILES string of the molecule is CN=C(NCCc1ccccc1OC)NCc1ccccc1S(=O)(=O)N(C)C. The highest BCUT2D eigenvalue weighted by Gasteiger charge is 2.20. The van der Waals surface area contributed by atoms with Crippen LogP contribution in [0.3, 0.4) is 0 Å². The van der Waals surface area contributed by atoms with E-state index < -0.39 is 10.0 Å². The van der Waals surface area contributed by atoms with E-state index in [1.807, 2.05) is 30.3 Å². The third-order valence-corrected chi connectivity index (χ3v) is 6.20. The number of methoxy groups -OCH3 is 1. The van der Waals surface area contributed by atoms with Crippen LogP contribution in [0.2, 0.25) is 0 Å². The molecule has 8 heteroatoms. The molecular weight excluding hydrogens is 376 g/mol. The largest absolute Gasteiger partial charge is 0.496 e. The maximum Gasteiger partial charge on any atom is 0.242 e. The number of nitrogens with zero attached hydrogens (tertiary/aromatic N) is 2. The van der Waals surface area contributed by atoms with Crippen LogP contribution in [-0.4, -0.2) is 53.5 Å². The van der Waals surface area contributed by atoms with Crippen molar-refractivity contribution in [2.24, 2.45) is 4.99 Å². The molecule has 0 aromatic heterocycles. The Hall–Kier alpha value is -2.58. The smallest absolute Gasteiger partial charge is 0.242 e. The minimum absolute atomic E-state index is 0.289. The van der Waals surface area contributed by atoms with Crippen LogP contribution >= 0.6 is 0 Å². The summed E-state index contributed by atoms with van der Waals surface area (Å²) in [6.45, 7) is 1.01. The number of sulfonamides is 1. The summed E-state index contributed by atoms with van der Waals surface area (Å²) in [4.78, 5) is 4.50. The third kappa shape index (κ3) is 5.46. The van der Waals surface area contributed by atoms with E-state index >= 15 is 0 Å². The van der Waals surface area contributed by atoms with Gasteiger partial charge in [0.2, 0.25) is 10.0 Å². The minimum atomic E-state index is -3.50. The summed E-state index contributed by atoms with van der Waals surface area (Å²) in [7, 11) is 2.89. The predicted molar refractivity (Wildman–Crippen MR) is 112 cm³/mol. The lowest BCUT2D eigenvalue weighted by atomic mass is 10.1. The number of hydrogen-bond acceptors (Lipinski definition) is 4. The number of aliphatic imine (C=N–C) groups is 1. The van der Waals surface area contributed by atoms with Crippen molar-refractivity contribution in [3.05, 3.63) is 59.7 Å². The molecular formula is C20H28N4O3S. The summed E-state index contributed by atoms with van der Waals surface area (Å²) >= 11 is 0. The fourth-order valence-electron chi connectivity index (χ4n) is 2.72. The number of guanidine groups is 1. The molecule has 0 heterocycles. The molecule has 0 saturated carbocycles. The van der Waals surface area contributed by atoms with Gasteiger partial charge in [0.1, 0.15) is 5.75 Å². The van der Waals surface area contributed by atoms with E-state index in [4.69, 9.17) is 4.74 Å². The van der Waals surface area contributed by atoms with E-state index in [-0.39, 0.29) is 4.90 Å². The van der Waals surface area contributed by atoms with E-state index in [1.165, 1.54) is 18.4 Å². The lowest BCUT2D eigenvalue weighted by Crippen LogP contribution is -2.38. The monoisotopic (exact) mass is 404 g/mol. The summed E-state index contributed by atoms with van der Waals surface area (Å²) in [5, 5.41) is 6.42. The predicted octanol–water partition coefficient (Wildman–Crippen LogP) is 1.85. The third-order valence-electron chi connectivity index (χ3n) is 4.28. The molecule has 2 aromatic carbocycles. The maximum atomic E-state index is 12.5. The van der Waals surface area contributed by atoms with Gasteiger partial charge in [0, 0.05) is 34.2 Å². The Balaban J connectivity index is 1.98. The van der Waals surface area contributed by atoms with Gasteiger partial charge in [0.15, 0.2) is 5.96 Å². The van der Waals surface area contributed by atoms with Crippen LogP contribution in [-0.2, 0) is 23.0 Å². The Bertz CT molecular complexity index is 911. The topological polar surface area (TPSA) is 83.0 Å². The molecule has 0 atom stereocenters. The molecule has 0 saturated heterocycles. The fourth-order valence-corrected chi connectivity index (χ4v) is 3.84. The Morgan fingerprint density at radius 1 is 1.04 bits per heavy atom. The van der Waals surface area contributed by atoms with Gasteiger partial charge in [0.05, 0.1) is 12.0 Å². The first kappa shape index (κ1) is 21.7. The van der Waals surface area contributed by atoms with Crippen LogP contribution < -0.4 is 15.4 Å². The summed E-state index contributed by atoms with van der Waals surface area (Å²) in [5.74, 6) is 1.46. The van der Waals surface area contributed by atoms with Crippen LogP contribution in [0.5, 0.6) is 5.75 Å². The number of ether oxygens (including phenoxy) is 1. The van der Waals surface area contributed by atoms with Gasteiger partial charge in [-0.2, -0.15) is 0 Å². The zero-order valence-corrected chi connectivity index (χ0v) is 17.6. The Morgan fingerprint density at radius 3 is 2.32 bits per heavy atom. The molecule has 0 radical (unpaired) electrons. The number of para-hydroxylation sites is 1. The first-order valence-electron chi connectivity index (χ1n) is 8.97. The normalized spacial score (nSPS) is 12.1. The van der Waals surface area contributed by atoms with Crippen molar-refractivity contribution >= 4 is 16.0 Å². The summed E-state index contributed by atoms with van der Waals surface area (Å²) in [5.41, 5.74) is 1.79. The molecule has 0 bridgehead atoms. The van der Waals surface area contributed by atoms with Crippen molar-refractivity contribution in [3.8, 4) is 5.75 Å². The van der Waals surface area contributed by atoms with Gasteiger partial charge in [-0.15, -0.1) is 0 Å². The molecule has 28 heavy (non-hydrogen) atoms. The quantitative estimate of drug-likeness (QED) is 0.518. The molecule has 0 amide bonds. The van der Waals surface area contributed by atoms with Crippen LogP contribution in [0.15, 0.2) is 58.4 Å².